The van der Waals surface area contributed by atoms with Crippen LogP contribution in [0.4, 0.5) is 11.4 Å². The van der Waals surface area contributed by atoms with Crippen molar-refractivity contribution in [1.82, 2.24) is 5.32 Å². The standard InChI is InChI=1S/C23H21N3O5S/c1-30-21-12-9-18(26(28)29)15-20(21)24-23(32)25-22(27)17-7-10-19(11-8-17)31-14-13-16-5-3-2-4-6-16/h2-12,15H,13-14H2,1H3,(H2,24,25,27,32). The SMILES string of the molecule is COc1ccc([N+](=O)[O-])cc1NC(=S)NC(=O)c1ccc(OCCc2ccccc2)cc1. The Bertz CT molecular complexity index is 1100. The fourth-order valence-electron chi connectivity index (χ4n) is 2.87. The Labute approximate surface area is 190 Å². The maximum atomic E-state index is 12.5. The van der Waals surface area contributed by atoms with Crippen molar-refractivity contribution in [3.05, 3.63) is 94.0 Å². The minimum atomic E-state index is -0.532. The number of methoxy groups -OCH3 is 1. The van der Waals surface area contributed by atoms with Crippen LogP contribution in [0.5, 0.6) is 11.5 Å². The van der Waals surface area contributed by atoms with Crippen LogP contribution in [0.25, 0.3) is 0 Å². The molecular weight excluding hydrogens is 430 g/mol. The van der Waals surface area contributed by atoms with Crippen LogP contribution >= 0.6 is 12.2 Å². The summed E-state index contributed by atoms with van der Waals surface area (Å²) < 4.78 is 10.9. The lowest BCUT2D eigenvalue weighted by Gasteiger charge is -2.13. The van der Waals surface area contributed by atoms with Gasteiger partial charge in [0.25, 0.3) is 11.6 Å². The molecule has 32 heavy (non-hydrogen) atoms. The number of nitrogens with one attached hydrogen (secondary N) is 2. The highest BCUT2D eigenvalue weighted by atomic mass is 32.1. The van der Waals surface area contributed by atoms with Gasteiger partial charge in [-0.25, -0.2) is 0 Å². The van der Waals surface area contributed by atoms with Gasteiger partial charge >= 0.3 is 0 Å². The highest BCUT2D eigenvalue weighted by molar-refractivity contribution is 7.80. The van der Waals surface area contributed by atoms with Gasteiger partial charge in [-0.2, -0.15) is 0 Å². The van der Waals surface area contributed by atoms with Crippen molar-refractivity contribution < 1.29 is 19.2 Å². The molecule has 0 atom stereocenters. The van der Waals surface area contributed by atoms with Crippen LogP contribution in [-0.4, -0.2) is 29.7 Å². The van der Waals surface area contributed by atoms with Gasteiger partial charge in [-0.3, -0.25) is 20.2 Å². The van der Waals surface area contributed by atoms with Crippen molar-refractivity contribution in [1.29, 1.82) is 0 Å². The number of hydrogen-bond acceptors (Lipinski definition) is 6. The third-order valence-electron chi connectivity index (χ3n) is 4.49. The summed E-state index contributed by atoms with van der Waals surface area (Å²) in [6, 6.07) is 20.7. The Hall–Kier alpha value is -3.98. The van der Waals surface area contributed by atoms with Gasteiger partial charge in [0, 0.05) is 24.1 Å². The van der Waals surface area contributed by atoms with Crippen molar-refractivity contribution in [2.75, 3.05) is 19.0 Å². The number of nitro benzene ring substituents is 1. The predicted molar refractivity (Wildman–Crippen MR) is 125 cm³/mol. The highest BCUT2D eigenvalue weighted by Gasteiger charge is 2.14. The van der Waals surface area contributed by atoms with Gasteiger partial charge in [-0.05, 0) is 48.1 Å². The molecule has 0 unspecified atom stereocenters. The summed E-state index contributed by atoms with van der Waals surface area (Å²) in [4.78, 5) is 22.9. The Morgan fingerprint density at radius 1 is 1.06 bits per heavy atom. The summed E-state index contributed by atoms with van der Waals surface area (Å²) >= 11 is 5.17. The van der Waals surface area contributed by atoms with Crippen molar-refractivity contribution >= 4 is 34.6 Å². The molecule has 0 heterocycles. The van der Waals surface area contributed by atoms with Crippen LogP contribution in [0.3, 0.4) is 0 Å². The van der Waals surface area contributed by atoms with Gasteiger partial charge in [-0.15, -0.1) is 0 Å². The van der Waals surface area contributed by atoms with Crippen LogP contribution in [0.2, 0.25) is 0 Å². The Morgan fingerprint density at radius 3 is 2.44 bits per heavy atom. The summed E-state index contributed by atoms with van der Waals surface area (Å²) in [7, 11) is 1.43. The monoisotopic (exact) mass is 451 g/mol. The fraction of sp³-hybridized carbons (Fsp3) is 0.130. The molecule has 0 bridgehead atoms. The Morgan fingerprint density at radius 2 is 1.78 bits per heavy atom. The Balaban J connectivity index is 1.54. The summed E-state index contributed by atoms with van der Waals surface area (Å²) in [5.41, 5.74) is 1.71. The molecule has 3 rings (SSSR count). The molecule has 9 heteroatoms. The van der Waals surface area contributed by atoms with E-state index in [4.69, 9.17) is 21.7 Å². The van der Waals surface area contributed by atoms with E-state index in [2.05, 4.69) is 10.6 Å². The molecule has 0 spiro atoms. The van der Waals surface area contributed by atoms with E-state index < -0.39 is 10.8 Å². The van der Waals surface area contributed by atoms with Crippen molar-refractivity contribution in [3.63, 3.8) is 0 Å². The first-order valence-corrected chi connectivity index (χ1v) is 10.1. The zero-order valence-electron chi connectivity index (χ0n) is 17.2. The number of carbonyl (C=O) groups excluding carboxylic acids is 1. The lowest BCUT2D eigenvalue weighted by atomic mass is 10.2. The van der Waals surface area contributed by atoms with E-state index in [0.29, 0.717) is 23.7 Å². The zero-order chi connectivity index (χ0) is 22.9. The summed E-state index contributed by atoms with van der Waals surface area (Å²) in [5, 5.41) is 16.3. The molecule has 0 aliphatic rings. The molecule has 0 aliphatic carbocycles. The molecule has 0 saturated heterocycles. The van der Waals surface area contributed by atoms with Crippen LogP contribution in [0.1, 0.15) is 15.9 Å². The topological polar surface area (TPSA) is 103 Å². The third kappa shape index (κ3) is 6.26. The van der Waals surface area contributed by atoms with Crippen molar-refractivity contribution in [3.8, 4) is 11.5 Å². The van der Waals surface area contributed by atoms with Gasteiger partial charge in [0.15, 0.2) is 5.11 Å². The summed E-state index contributed by atoms with van der Waals surface area (Å²) in [5.74, 6) is 0.575. The van der Waals surface area contributed by atoms with Crippen LogP contribution < -0.4 is 20.1 Å². The van der Waals surface area contributed by atoms with E-state index in [-0.39, 0.29) is 16.5 Å². The lowest BCUT2D eigenvalue weighted by Crippen LogP contribution is -2.34. The van der Waals surface area contributed by atoms with Gasteiger partial charge in [0.2, 0.25) is 0 Å². The molecule has 0 fully saturated rings. The maximum Gasteiger partial charge on any atom is 0.271 e. The van der Waals surface area contributed by atoms with Gasteiger partial charge < -0.3 is 14.8 Å². The van der Waals surface area contributed by atoms with Crippen molar-refractivity contribution in [2.45, 2.75) is 6.42 Å². The number of hydrogen-bond donors (Lipinski definition) is 2. The minimum absolute atomic E-state index is 0.0167. The van der Waals surface area contributed by atoms with E-state index in [1.165, 1.54) is 30.9 Å². The van der Waals surface area contributed by atoms with Crippen LogP contribution in [0.15, 0.2) is 72.8 Å². The molecule has 0 aliphatic heterocycles. The summed E-state index contributed by atoms with van der Waals surface area (Å²) in [6.07, 6.45) is 0.782. The molecule has 0 radical (unpaired) electrons. The molecule has 3 aromatic rings. The smallest absolute Gasteiger partial charge is 0.271 e. The molecular formula is C23H21N3O5S. The molecule has 164 valence electrons. The van der Waals surface area contributed by atoms with E-state index in [9.17, 15) is 14.9 Å². The number of non-ortho nitro benzene ring substituents is 1. The number of anilines is 1. The second kappa shape index (κ2) is 10.9. The molecule has 1 amide bonds. The average Bonchev–Trinajstić information content (AvgIpc) is 2.80. The molecule has 8 nitrogen and oxygen atoms in total. The van der Waals surface area contributed by atoms with Crippen LogP contribution in [0, 0.1) is 10.1 Å². The third-order valence-corrected chi connectivity index (χ3v) is 4.69. The number of ether oxygens (including phenoxy) is 2. The number of benzene rings is 3. The Kier molecular flexibility index (Phi) is 7.71. The van der Waals surface area contributed by atoms with Crippen LogP contribution in [-0.2, 0) is 6.42 Å². The second-order valence-electron chi connectivity index (χ2n) is 6.66. The van der Waals surface area contributed by atoms with E-state index >= 15 is 0 Å². The number of nitrogens with zero attached hydrogens (tertiary/aromatic N) is 1. The predicted octanol–water partition coefficient (Wildman–Crippen LogP) is 4.35. The molecule has 0 aromatic heterocycles. The number of nitro groups is 1. The normalized spacial score (nSPS) is 10.2. The first-order chi connectivity index (χ1) is 15.5. The average molecular weight is 452 g/mol. The quantitative estimate of drug-likeness (QED) is 0.298. The fourth-order valence-corrected chi connectivity index (χ4v) is 3.07. The van der Waals surface area contributed by atoms with Gasteiger partial charge in [0.1, 0.15) is 11.5 Å². The van der Waals surface area contributed by atoms with Crippen molar-refractivity contribution in [2.24, 2.45) is 0 Å². The maximum absolute atomic E-state index is 12.5. The van der Waals surface area contributed by atoms with Gasteiger partial charge in [0.05, 0.1) is 24.3 Å². The summed E-state index contributed by atoms with van der Waals surface area (Å²) in [6.45, 7) is 0.522. The number of rotatable bonds is 8. The van der Waals surface area contributed by atoms with E-state index in [1.807, 2.05) is 30.3 Å². The largest absolute Gasteiger partial charge is 0.495 e. The number of thiocarbonyl (C=S) groups is 1. The van der Waals surface area contributed by atoms with E-state index in [0.717, 1.165) is 6.42 Å². The highest BCUT2D eigenvalue weighted by Crippen LogP contribution is 2.28. The van der Waals surface area contributed by atoms with Gasteiger partial charge in [-0.1, -0.05) is 30.3 Å². The zero-order valence-corrected chi connectivity index (χ0v) is 18.1. The second-order valence-corrected chi connectivity index (χ2v) is 7.07. The first kappa shape index (κ1) is 22.7. The minimum Gasteiger partial charge on any atom is -0.495 e. The first-order valence-electron chi connectivity index (χ1n) is 9.68. The van der Waals surface area contributed by atoms with E-state index in [1.54, 1.807) is 24.3 Å². The molecule has 0 saturated carbocycles. The molecule has 2 N–H and O–H groups in total. The number of amides is 1. The lowest BCUT2D eigenvalue weighted by molar-refractivity contribution is -0.384. The molecule has 3 aromatic carbocycles. The number of carbonyl (C=O) groups is 1.